The first-order valence-corrected chi connectivity index (χ1v) is 7.20. The predicted molar refractivity (Wildman–Crippen MR) is 80.7 cm³/mol. The average molecular weight is 358 g/mol. The fourth-order valence-electron chi connectivity index (χ4n) is 1.90. The summed E-state index contributed by atoms with van der Waals surface area (Å²) in [5.74, 6) is 0. The molecule has 4 heteroatoms. The molecule has 0 radical (unpaired) electrons. The van der Waals surface area contributed by atoms with Gasteiger partial charge in [0.25, 0.3) is 0 Å². The van der Waals surface area contributed by atoms with Gasteiger partial charge < -0.3 is 5.32 Å². The summed E-state index contributed by atoms with van der Waals surface area (Å²) in [5.41, 5.74) is 3.27. The topological polar surface area (TPSA) is 24.9 Å². The smallest absolute Gasteiger partial charge is 0.0868 e. The van der Waals surface area contributed by atoms with Gasteiger partial charge >= 0.3 is 0 Å². The highest BCUT2D eigenvalue weighted by molar-refractivity contribution is 9.11. The summed E-state index contributed by atoms with van der Waals surface area (Å²) in [7, 11) is 1.94. The molecule has 0 aliphatic rings. The third-order valence-corrected chi connectivity index (χ3v) is 3.72. The fraction of sp³-hybridized carbons (Fsp3) is 0.308. The number of benzene rings is 1. The van der Waals surface area contributed by atoms with Crippen LogP contribution in [-0.2, 0) is 6.42 Å². The van der Waals surface area contributed by atoms with E-state index in [1.54, 1.807) is 0 Å². The van der Waals surface area contributed by atoms with Crippen molar-refractivity contribution in [3.05, 3.63) is 32.8 Å². The molecule has 1 aromatic carbocycles. The van der Waals surface area contributed by atoms with Gasteiger partial charge in [-0.25, -0.2) is 0 Å². The van der Waals surface area contributed by atoms with Crippen LogP contribution in [0.4, 0.5) is 5.69 Å². The van der Waals surface area contributed by atoms with Crippen LogP contribution in [0, 0.1) is 0 Å². The lowest BCUT2D eigenvalue weighted by Gasteiger charge is -2.10. The van der Waals surface area contributed by atoms with Crippen molar-refractivity contribution in [1.82, 2.24) is 4.98 Å². The Kier molecular flexibility index (Phi) is 4.05. The number of pyridine rings is 1. The van der Waals surface area contributed by atoms with Crippen LogP contribution in [0.5, 0.6) is 0 Å². The Morgan fingerprint density at radius 1 is 1.24 bits per heavy atom. The molecule has 2 rings (SSSR count). The van der Waals surface area contributed by atoms with E-state index in [1.165, 1.54) is 0 Å². The van der Waals surface area contributed by atoms with E-state index in [0.29, 0.717) is 0 Å². The third-order valence-electron chi connectivity index (χ3n) is 2.66. The summed E-state index contributed by atoms with van der Waals surface area (Å²) in [5, 5.41) is 4.37. The average Bonchev–Trinajstić information content (AvgIpc) is 2.29. The highest BCUT2D eigenvalue weighted by atomic mass is 79.9. The van der Waals surface area contributed by atoms with Gasteiger partial charge in [-0.05, 0) is 40.5 Å². The quantitative estimate of drug-likeness (QED) is 0.856. The lowest BCUT2D eigenvalue weighted by atomic mass is 10.1. The van der Waals surface area contributed by atoms with Crippen LogP contribution >= 0.6 is 31.9 Å². The largest absolute Gasteiger partial charge is 0.388 e. The number of rotatable bonds is 3. The molecule has 0 aliphatic carbocycles. The van der Waals surface area contributed by atoms with Gasteiger partial charge in [0.2, 0.25) is 0 Å². The van der Waals surface area contributed by atoms with Crippen LogP contribution in [0.1, 0.15) is 19.0 Å². The van der Waals surface area contributed by atoms with E-state index in [-0.39, 0.29) is 0 Å². The van der Waals surface area contributed by atoms with Crippen molar-refractivity contribution >= 4 is 48.5 Å². The number of hydrogen-bond donors (Lipinski definition) is 1. The number of fused-ring (bicyclic) bond motifs is 1. The van der Waals surface area contributed by atoms with E-state index in [9.17, 15) is 0 Å². The molecule has 0 saturated heterocycles. The van der Waals surface area contributed by atoms with Crippen LogP contribution in [-0.4, -0.2) is 12.0 Å². The van der Waals surface area contributed by atoms with Gasteiger partial charge in [0.05, 0.1) is 5.52 Å². The van der Waals surface area contributed by atoms with E-state index < -0.39 is 0 Å². The number of aryl methyl sites for hydroxylation is 1. The maximum absolute atomic E-state index is 4.71. The van der Waals surface area contributed by atoms with Gasteiger partial charge in [-0.3, -0.25) is 4.98 Å². The summed E-state index contributed by atoms with van der Waals surface area (Å²) < 4.78 is 2.08. The Morgan fingerprint density at radius 2 is 2.00 bits per heavy atom. The summed E-state index contributed by atoms with van der Waals surface area (Å²) >= 11 is 7.09. The van der Waals surface area contributed by atoms with Crippen molar-refractivity contribution in [2.45, 2.75) is 19.8 Å². The number of aromatic nitrogens is 1. The zero-order valence-corrected chi connectivity index (χ0v) is 13.0. The number of nitrogens with zero attached hydrogens (tertiary/aromatic N) is 1. The number of halogens is 2. The first-order valence-electron chi connectivity index (χ1n) is 5.62. The second-order valence-electron chi connectivity index (χ2n) is 3.94. The Balaban J connectivity index is 2.73. The molecular formula is C13H14Br2N2. The first-order chi connectivity index (χ1) is 8.15. The maximum atomic E-state index is 4.71. The summed E-state index contributed by atoms with van der Waals surface area (Å²) in [6.07, 6.45) is 2.11. The van der Waals surface area contributed by atoms with Gasteiger partial charge in [-0.2, -0.15) is 0 Å². The minimum absolute atomic E-state index is 1.01. The maximum Gasteiger partial charge on any atom is 0.0868 e. The summed E-state index contributed by atoms with van der Waals surface area (Å²) in [6.45, 7) is 2.17. The summed E-state index contributed by atoms with van der Waals surface area (Å²) in [4.78, 5) is 4.71. The second-order valence-corrected chi connectivity index (χ2v) is 5.71. The van der Waals surface area contributed by atoms with Crippen molar-refractivity contribution in [3.8, 4) is 0 Å². The fourth-order valence-corrected chi connectivity index (χ4v) is 3.21. The summed E-state index contributed by atoms with van der Waals surface area (Å²) in [6, 6.07) is 6.25. The van der Waals surface area contributed by atoms with E-state index in [2.05, 4.69) is 56.2 Å². The van der Waals surface area contributed by atoms with Crippen LogP contribution in [0.25, 0.3) is 10.9 Å². The molecule has 0 aliphatic heterocycles. The van der Waals surface area contributed by atoms with Gasteiger partial charge in [-0.1, -0.05) is 29.3 Å². The molecule has 90 valence electrons. The van der Waals surface area contributed by atoms with E-state index in [4.69, 9.17) is 4.98 Å². The van der Waals surface area contributed by atoms with Crippen LogP contribution in [0.2, 0.25) is 0 Å². The SMILES string of the molecule is CCCc1cc(NC)c2cc(Br)cc(Br)c2n1. The van der Waals surface area contributed by atoms with Crippen LogP contribution in [0.15, 0.2) is 27.1 Å². The minimum Gasteiger partial charge on any atom is -0.388 e. The van der Waals surface area contributed by atoms with E-state index >= 15 is 0 Å². The highest BCUT2D eigenvalue weighted by Gasteiger charge is 2.08. The zero-order chi connectivity index (χ0) is 12.4. The van der Waals surface area contributed by atoms with Crippen molar-refractivity contribution in [3.63, 3.8) is 0 Å². The Bertz CT molecular complexity index is 553. The third kappa shape index (κ3) is 2.63. The predicted octanol–water partition coefficient (Wildman–Crippen LogP) is 4.75. The van der Waals surface area contributed by atoms with Gasteiger partial charge in [0.1, 0.15) is 0 Å². The Labute approximate surface area is 118 Å². The van der Waals surface area contributed by atoms with Gasteiger partial charge in [-0.15, -0.1) is 0 Å². The van der Waals surface area contributed by atoms with E-state index in [0.717, 1.165) is 44.1 Å². The second kappa shape index (κ2) is 5.36. The molecule has 17 heavy (non-hydrogen) atoms. The molecule has 1 N–H and O–H groups in total. The van der Waals surface area contributed by atoms with Gasteiger partial charge in [0.15, 0.2) is 0 Å². The van der Waals surface area contributed by atoms with Crippen molar-refractivity contribution in [2.24, 2.45) is 0 Å². The monoisotopic (exact) mass is 356 g/mol. The molecule has 2 nitrogen and oxygen atoms in total. The molecule has 0 spiro atoms. The van der Waals surface area contributed by atoms with Crippen LogP contribution in [0.3, 0.4) is 0 Å². The molecule has 1 aromatic heterocycles. The standard InChI is InChI=1S/C13H14Br2N2/c1-3-4-9-7-12(16-2)10-5-8(14)6-11(15)13(10)17-9/h5-7H,3-4H2,1-2H3,(H,16,17). The van der Waals surface area contributed by atoms with Crippen molar-refractivity contribution in [1.29, 1.82) is 0 Å². The number of hydrogen-bond acceptors (Lipinski definition) is 2. The number of nitrogens with one attached hydrogen (secondary N) is 1. The van der Waals surface area contributed by atoms with Crippen molar-refractivity contribution < 1.29 is 0 Å². The molecule has 0 amide bonds. The lowest BCUT2D eigenvalue weighted by Crippen LogP contribution is -1.97. The molecule has 1 heterocycles. The van der Waals surface area contributed by atoms with Gasteiger partial charge in [0, 0.05) is 32.8 Å². The van der Waals surface area contributed by atoms with Crippen LogP contribution < -0.4 is 5.32 Å². The Morgan fingerprint density at radius 3 is 2.65 bits per heavy atom. The molecule has 0 unspecified atom stereocenters. The Hall–Kier alpha value is -0.610. The lowest BCUT2D eigenvalue weighted by molar-refractivity contribution is 0.890. The molecule has 0 bridgehead atoms. The number of anilines is 1. The zero-order valence-electron chi connectivity index (χ0n) is 9.85. The minimum atomic E-state index is 1.01. The van der Waals surface area contributed by atoms with E-state index in [1.807, 2.05) is 13.1 Å². The highest BCUT2D eigenvalue weighted by Crippen LogP contribution is 2.32. The molecule has 0 saturated carbocycles. The first kappa shape index (κ1) is 12.8. The molecule has 2 aromatic rings. The van der Waals surface area contributed by atoms with Crippen molar-refractivity contribution in [2.75, 3.05) is 12.4 Å². The molecule has 0 atom stereocenters. The molecular weight excluding hydrogens is 344 g/mol. The molecule has 0 fully saturated rings. The normalized spacial score (nSPS) is 10.8.